The fourth-order valence-electron chi connectivity index (χ4n) is 3.35. The van der Waals surface area contributed by atoms with E-state index in [4.69, 9.17) is 4.74 Å². The first kappa shape index (κ1) is 12.4. The Morgan fingerprint density at radius 2 is 2.11 bits per heavy atom. The molecule has 19 heavy (non-hydrogen) atoms. The summed E-state index contributed by atoms with van der Waals surface area (Å²) in [5.74, 6) is 1.15. The van der Waals surface area contributed by atoms with E-state index in [0.717, 1.165) is 19.4 Å². The number of hydrogen-bond acceptors (Lipinski definition) is 4. The molecule has 1 saturated carbocycles. The molecule has 2 fully saturated rings. The normalized spacial score (nSPS) is 26.1. The number of methoxy groups -OCH3 is 1. The third-order valence-electron chi connectivity index (χ3n) is 4.34. The number of ether oxygens (including phenoxy) is 1. The summed E-state index contributed by atoms with van der Waals surface area (Å²) in [5, 5.41) is 7.84. The predicted molar refractivity (Wildman–Crippen MR) is 70.0 cm³/mol. The number of carbonyl (C=O) groups excluding carboxylic acids is 1. The lowest BCUT2D eigenvalue weighted by atomic mass is 9.85. The Bertz CT molecular complexity index is 460. The SMILES string of the molecule is COc1ccc(C(=O)N2CC[C@H]3CCCC[C@H]32)nn1. The highest BCUT2D eigenvalue weighted by molar-refractivity contribution is 5.92. The van der Waals surface area contributed by atoms with Crippen LogP contribution in [-0.2, 0) is 0 Å². The number of carbonyl (C=O) groups is 1. The number of likely N-dealkylation sites (tertiary alicyclic amines) is 1. The van der Waals surface area contributed by atoms with Crippen LogP contribution in [0.3, 0.4) is 0 Å². The zero-order chi connectivity index (χ0) is 13.2. The Morgan fingerprint density at radius 3 is 2.84 bits per heavy atom. The minimum Gasteiger partial charge on any atom is -0.480 e. The lowest BCUT2D eigenvalue weighted by molar-refractivity contribution is 0.0682. The van der Waals surface area contributed by atoms with E-state index in [9.17, 15) is 4.79 Å². The van der Waals surface area contributed by atoms with Gasteiger partial charge in [0.05, 0.1) is 7.11 Å². The molecule has 2 aliphatic rings. The van der Waals surface area contributed by atoms with Gasteiger partial charge in [-0.3, -0.25) is 4.79 Å². The van der Waals surface area contributed by atoms with E-state index in [1.54, 1.807) is 19.2 Å². The van der Waals surface area contributed by atoms with Gasteiger partial charge in [-0.25, -0.2) is 0 Å². The van der Waals surface area contributed by atoms with Crippen molar-refractivity contribution in [2.24, 2.45) is 5.92 Å². The Morgan fingerprint density at radius 1 is 1.26 bits per heavy atom. The van der Waals surface area contributed by atoms with Gasteiger partial charge in [0.15, 0.2) is 5.69 Å². The van der Waals surface area contributed by atoms with E-state index in [0.29, 0.717) is 23.5 Å². The number of nitrogens with zero attached hydrogens (tertiary/aromatic N) is 3. The molecule has 5 nitrogen and oxygen atoms in total. The lowest BCUT2D eigenvalue weighted by Gasteiger charge is -2.31. The van der Waals surface area contributed by atoms with Crippen molar-refractivity contribution >= 4 is 5.91 Å². The maximum atomic E-state index is 12.5. The van der Waals surface area contributed by atoms with Crippen LogP contribution >= 0.6 is 0 Å². The van der Waals surface area contributed by atoms with Crippen LogP contribution < -0.4 is 4.74 Å². The number of fused-ring (bicyclic) bond motifs is 1. The summed E-state index contributed by atoms with van der Waals surface area (Å²) in [5.41, 5.74) is 0.423. The predicted octanol–water partition coefficient (Wildman–Crippen LogP) is 1.89. The highest BCUT2D eigenvalue weighted by Gasteiger charge is 2.38. The van der Waals surface area contributed by atoms with Crippen molar-refractivity contribution in [2.45, 2.75) is 38.1 Å². The van der Waals surface area contributed by atoms with Gasteiger partial charge in [-0.15, -0.1) is 10.2 Å². The summed E-state index contributed by atoms with van der Waals surface area (Å²) in [7, 11) is 1.54. The van der Waals surface area contributed by atoms with Crippen molar-refractivity contribution in [1.29, 1.82) is 0 Å². The molecule has 3 rings (SSSR count). The third kappa shape index (κ3) is 2.29. The summed E-state index contributed by atoms with van der Waals surface area (Å²) in [4.78, 5) is 14.5. The van der Waals surface area contributed by atoms with Crippen molar-refractivity contribution in [2.75, 3.05) is 13.7 Å². The van der Waals surface area contributed by atoms with Gasteiger partial charge in [0.25, 0.3) is 5.91 Å². The minimum atomic E-state index is 0.0181. The average Bonchev–Trinajstić information content (AvgIpc) is 2.90. The molecule has 1 aliphatic carbocycles. The highest BCUT2D eigenvalue weighted by Crippen LogP contribution is 2.36. The van der Waals surface area contributed by atoms with Gasteiger partial charge in [-0.05, 0) is 31.2 Å². The standard InChI is InChI=1S/C14H19N3O2/c1-19-13-7-6-11(15-16-13)14(18)17-9-8-10-4-2-3-5-12(10)17/h6-7,10,12H,2-5,8-9H2,1H3/t10-,12-/m1/s1. The van der Waals surface area contributed by atoms with Gasteiger partial charge in [0, 0.05) is 18.7 Å². The van der Waals surface area contributed by atoms with Crippen LogP contribution in [0.5, 0.6) is 5.88 Å². The molecule has 1 aromatic rings. The van der Waals surface area contributed by atoms with Gasteiger partial charge in [-0.2, -0.15) is 0 Å². The molecule has 102 valence electrons. The van der Waals surface area contributed by atoms with E-state index in [1.165, 1.54) is 19.3 Å². The fourth-order valence-corrected chi connectivity index (χ4v) is 3.35. The van der Waals surface area contributed by atoms with Crippen molar-refractivity contribution < 1.29 is 9.53 Å². The summed E-state index contributed by atoms with van der Waals surface area (Å²) >= 11 is 0. The Kier molecular flexibility index (Phi) is 3.36. The second kappa shape index (κ2) is 5.15. The van der Waals surface area contributed by atoms with E-state index >= 15 is 0 Å². The van der Waals surface area contributed by atoms with E-state index in [-0.39, 0.29) is 5.91 Å². The van der Waals surface area contributed by atoms with Crippen molar-refractivity contribution in [3.63, 3.8) is 0 Å². The van der Waals surface area contributed by atoms with Crippen molar-refractivity contribution in [3.8, 4) is 5.88 Å². The zero-order valence-corrected chi connectivity index (χ0v) is 11.2. The molecular formula is C14H19N3O2. The molecule has 1 aromatic heterocycles. The van der Waals surface area contributed by atoms with Crippen LogP contribution in [-0.4, -0.2) is 40.7 Å². The second-order valence-corrected chi connectivity index (χ2v) is 5.36. The molecule has 0 bridgehead atoms. The first-order valence-electron chi connectivity index (χ1n) is 6.98. The van der Waals surface area contributed by atoms with Gasteiger partial charge in [-0.1, -0.05) is 12.8 Å². The van der Waals surface area contributed by atoms with Gasteiger partial charge < -0.3 is 9.64 Å². The topological polar surface area (TPSA) is 55.3 Å². The Hall–Kier alpha value is -1.65. The summed E-state index contributed by atoms with van der Waals surface area (Å²) in [6, 6.07) is 3.81. The van der Waals surface area contributed by atoms with Gasteiger partial charge in [0.2, 0.25) is 5.88 Å². The number of hydrogen-bond donors (Lipinski definition) is 0. The number of aromatic nitrogens is 2. The molecule has 1 aliphatic heterocycles. The Balaban J connectivity index is 1.75. The molecule has 2 heterocycles. The van der Waals surface area contributed by atoms with Crippen LogP contribution in [0, 0.1) is 5.92 Å². The second-order valence-electron chi connectivity index (χ2n) is 5.36. The Labute approximate surface area is 113 Å². The molecule has 5 heteroatoms. The lowest BCUT2D eigenvalue weighted by Crippen LogP contribution is -2.39. The summed E-state index contributed by atoms with van der Waals surface area (Å²) in [6.45, 7) is 0.863. The number of rotatable bonds is 2. The molecule has 0 N–H and O–H groups in total. The minimum absolute atomic E-state index is 0.0181. The third-order valence-corrected chi connectivity index (χ3v) is 4.34. The zero-order valence-electron chi connectivity index (χ0n) is 11.2. The maximum Gasteiger partial charge on any atom is 0.274 e. The van der Waals surface area contributed by atoms with Crippen molar-refractivity contribution in [1.82, 2.24) is 15.1 Å². The number of amides is 1. The quantitative estimate of drug-likeness (QED) is 0.815. The van der Waals surface area contributed by atoms with Crippen molar-refractivity contribution in [3.05, 3.63) is 17.8 Å². The van der Waals surface area contributed by atoms with Gasteiger partial charge in [0.1, 0.15) is 0 Å². The smallest absolute Gasteiger partial charge is 0.274 e. The van der Waals surface area contributed by atoms with Crippen LogP contribution in [0.15, 0.2) is 12.1 Å². The van der Waals surface area contributed by atoms with Crippen LogP contribution in [0.1, 0.15) is 42.6 Å². The summed E-state index contributed by atoms with van der Waals surface area (Å²) in [6.07, 6.45) is 6.09. The fraction of sp³-hybridized carbons (Fsp3) is 0.643. The largest absolute Gasteiger partial charge is 0.480 e. The molecule has 0 radical (unpaired) electrons. The van der Waals surface area contributed by atoms with E-state index < -0.39 is 0 Å². The molecule has 1 amide bonds. The van der Waals surface area contributed by atoms with E-state index in [1.807, 2.05) is 4.90 Å². The summed E-state index contributed by atoms with van der Waals surface area (Å²) < 4.78 is 4.96. The average molecular weight is 261 g/mol. The first-order valence-corrected chi connectivity index (χ1v) is 6.98. The van der Waals surface area contributed by atoms with Crippen LogP contribution in [0.2, 0.25) is 0 Å². The van der Waals surface area contributed by atoms with E-state index in [2.05, 4.69) is 10.2 Å². The molecule has 2 atom stereocenters. The monoisotopic (exact) mass is 261 g/mol. The van der Waals surface area contributed by atoms with Crippen LogP contribution in [0.4, 0.5) is 0 Å². The van der Waals surface area contributed by atoms with Gasteiger partial charge >= 0.3 is 0 Å². The molecule has 1 saturated heterocycles. The molecule has 0 aromatic carbocycles. The highest BCUT2D eigenvalue weighted by atomic mass is 16.5. The van der Waals surface area contributed by atoms with Crippen LogP contribution in [0.25, 0.3) is 0 Å². The first-order chi connectivity index (χ1) is 9.29. The molecule has 0 spiro atoms. The molecular weight excluding hydrogens is 242 g/mol. The molecule has 0 unspecified atom stereocenters. The maximum absolute atomic E-state index is 12.5.